The maximum atomic E-state index is 14.6. The van der Waals surface area contributed by atoms with E-state index in [2.05, 4.69) is 26.4 Å². The first-order chi connectivity index (χ1) is 16.2. The van der Waals surface area contributed by atoms with Gasteiger partial charge in [0.2, 0.25) is 5.82 Å². The van der Waals surface area contributed by atoms with Gasteiger partial charge in [-0.1, -0.05) is 38.3 Å². The molecule has 0 saturated heterocycles. The summed E-state index contributed by atoms with van der Waals surface area (Å²) < 4.78 is 91.3. The zero-order valence-electron chi connectivity index (χ0n) is 18.2. The second-order valence-electron chi connectivity index (χ2n) is 7.51. The molecule has 0 atom stereocenters. The molecule has 34 heavy (non-hydrogen) atoms. The minimum absolute atomic E-state index is 0.00668. The molecule has 10 heteroatoms. The number of aryl methyl sites for hydroxylation is 1. The van der Waals surface area contributed by atoms with Gasteiger partial charge in [-0.15, -0.1) is 0 Å². The Hall–Kier alpha value is -3.30. The van der Waals surface area contributed by atoms with E-state index in [0.29, 0.717) is 24.1 Å². The lowest BCUT2D eigenvalue weighted by atomic mass is 10.0. The summed E-state index contributed by atoms with van der Waals surface area (Å²) in [6.45, 7) is -0.972. The third-order valence-corrected chi connectivity index (χ3v) is 4.91. The summed E-state index contributed by atoms with van der Waals surface area (Å²) in [6, 6.07) is 5.71. The van der Waals surface area contributed by atoms with Gasteiger partial charge in [0.25, 0.3) is 0 Å². The number of halogens is 6. The molecule has 0 radical (unpaired) electrons. The van der Waals surface area contributed by atoms with Gasteiger partial charge in [-0.2, -0.15) is 17.6 Å². The first-order valence-electron chi connectivity index (χ1n) is 10.6. The van der Waals surface area contributed by atoms with Crippen molar-refractivity contribution in [2.45, 2.75) is 51.7 Å². The Labute approximate surface area is 192 Å². The molecule has 0 aliphatic rings. The van der Waals surface area contributed by atoms with Crippen LogP contribution in [-0.2, 0) is 12.5 Å². The van der Waals surface area contributed by atoms with Crippen LogP contribution in [0.4, 0.5) is 26.3 Å². The summed E-state index contributed by atoms with van der Waals surface area (Å²) in [5.74, 6) is -4.28. The first kappa shape index (κ1) is 25.3. The van der Waals surface area contributed by atoms with E-state index in [4.69, 9.17) is 0 Å². The SMILES string of the molecule is CCCCCCc1cnc(C(F)(F)Oc2cc(F)c(-c3ccc(OC(F)F)cc3)c(F)c2)nc1. The molecule has 0 fully saturated rings. The van der Waals surface area contributed by atoms with Gasteiger partial charge in [-0.3, -0.25) is 0 Å². The van der Waals surface area contributed by atoms with Crippen LogP contribution in [0.1, 0.15) is 44.0 Å². The molecular formula is C24H22F6N2O2. The smallest absolute Gasteiger partial charge is 0.435 e. The Bertz CT molecular complexity index is 1050. The number of hydrogen-bond donors (Lipinski definition) is 0. The lowest BCUT2D eigenvalue weighted by Gasteiger charge is -2.17. The van der Waals surface area contributed by atoms with Crippen LogP contribution in [0.3, 0.4) is 0 Å². The van der Waals surface area contributed by atoms with Crippen molar-refractivity contribution in [3.05, 3.63) is 71.8 Å². The van der Waals surface area contributed by atoms with Crippen molar-refractivity contribution in [2.75, 3.05) is 0 Å². The minimum Gasteiger partial charge on any atom is -0.435 e. The average molecular weight is 484 g/mol. The molecule has 0 saturated carbocycles. The second kappa shape index (κ2) is 11.2. The molecule has 0 unspecified atom stereocenters. The molecule has 4 nitrogen and oxygen atoms in total. The quantitative estimate of drug-likeness (QED) is 0.212. The predicted molar refractivity (Wildman–Crippen MR) is 113 cm³/mol. The molecular weight excluding hydrogens is 462 g/mol. The lowest BCUT2D eigenvalue weighted by Crippen LogP contribution is -2.25. The molecule has 1 aromatic heterocycles. The van der Waals surface area contributed by atoms with Crippen LogP contribution in [0.15, 0.2) is 48.8 Å². The maximum absolute atomic E-state index is 14.6. The Kier molecular flexibility index (Phi) is 8.36. The van der Waals surface area contributed by atoms with Crippen LogP contribution < -0.4 is 9.47 Å². The zero-order valence-corrected chi connectivity index (χ0v) is 18.2. The van der Waals surface area contributed by atoms with E-state index >= 15 is 0 Å². The van der Waals surface area contributed by atoms with Crippen LogP contribution in [0, 0.1) is 11.6 Å². The highest BCUT2D eigenvalue weighted by Gasteiger charge is 2.39. The molecule has 2 aromatic carbocycles. The monoisotopic (exact) mass is 484 g/mol. The maximum Gasteiger partial charge on any atom is 0.462 e. The number of unbranched alkanes of at least 4 members (excludes halogenated alkanes) is 3. The highest BCUT2D eigenvalue weighted by atomic mass is 19.3. The largest absolute Gasteiger partial charge is 0.462 e. The van der Waals surface area contributed by atoms with Gasteiger partial charge in [0.15, 0.2) is 0 Å². The van der Waals surface area contributed by atoms with Gasteiger partial charge in [0.05, 0.1) is 5.56 Å². The number of rotatable bonds is 11. The van der Waals surface area contributed by atoms with Crippen molar-refractivity contribution in [3.8, 4) is 22.6 Å². The molecule has 0 spiro atoms. The van der Waals surface area contributed by atoms with Crippen molar-refractivity contribution >= 4 is 0 Å². The Balaban J connectivity index is 1.73. The normalized spacial score (nSPS) is 11.6. The number of alkyl halides is 4. The molecule has 0 aliphatic heterocycles. The summed E-state index contributed by atoms with van der Waals surface area (Å²) in [4.78, 5) is 7.29. The molecule has 0 bridgehead atoms. The topological polar surface area (TPSA) is 44.2 Å². The van der Waals surface area contributed by atoms with Gasteiger partial charge < -0.3 is 9.47 Å². The van der Waals surface area contributed by atoms with Crippen LogP contribution in [0.5, 0.6) is 11.5 Å². The fourth-order valence-corrected chi connectivity index (χ4v) is 3.27. The van der Waals surface area contributed by atoms with Gasteiger partial charge in [-0.05, 0) is 36.1 Å². The molecule has 3 aromatic rings. The highest BCUT2D eigenvalue weighted by Crippen LogP contribution is 2.35. The van der Waals surface area contributed by atoms with Crippen LogP contribution in [0.25, 0.3) is 11.1 Å². The van der Waals surface area contributed by atoms with E-state index in [-0.39, 0.29) is 11.3 Å². The summed E-state index contributed by atoms with van der Waals surface area (Å²) in [5, 5.41) is 0. The molecule has 0 aliphatic carbocycles. The zero-order chi connectivity index (χ0) is 24.7. The first-order valence-corrected chi connectivity index (χ1v) is 10.6. The number of ether oxygens (including phenoxy) is 2. The molecule has 0 N–H and O–H groups in total. The minimum atomic E-state index is -4.03. The Morgan fingerprint density at radius 3 is 2.06 bits per heavy atom. The molecule has 0 amide bonds. The second-order valence-corrected chi connectivity index (χ2v) is 7.51. The molecule has 3 rings (SSSR count). The van der Waals surface area contributed by atoms with Crippen molar-refractivity contribution in [2.24, 2.45) is 0 Å². The molecule has 1 heterocycles. The van der Waals surface area contributed by atoms with Crippen LogP contribution in [-0.4, -0.2) is 16.6 Å². The third kappa shape index (κ3) is 6.61. The van der Waals surface area contributed by atoms with Gasteiger partial charge in [0.1, 0.15) is 23.1 Å². The number of nitrogens with zero attached hydrogens (tertiary/aromatic N) is 2. The highest BCUT2D eigenvalue weighted by molar-refractivity contribution is 5.66. The summed E-state index contributed by atoms with van der Waals surface area (Å²) >= 11 is 0. The van der Waals surface area contributed by atoms with Crippen LogP contribution >= 0.6 is 0 Å². The predicted octanol–water partition coefficient (Wildman–Crippen LogP) is 7.27. The summed E-state index contributed by atoms with van der Waals surface area (Å²) in [5.41, 5.74) is 0.151. The average Bonchev–Trinajstić information content (AvgIpc) is 2.77. The fraction of sp³-hybridized carbons (Fsp3) is 0.333. The van der Waals surface area contributed by atoms with Gasteiger partial charge in [0, 0.05) is 24.5 Å². The third-order valence-electron chi connectivity index (χ3n) is 4.91. The summed E-state index contributed by atoms with van der Waals surface area (Å²) in [7, 11) is 0. The van der Waals surface area contributed by atoms with Gasteiger partial charge >= 0.3 is 12.7 Å². The Morgan fingerprint density at radius 2 is 1.50 bits per heavy atom. The fourth-order valence-electron chi connectivity index (χ4n) is 3.27. The van der Waals surface area contributed by atoms with E-state index in [1.807, 2.05) is 0 Å². The number of benzene rings is 2. The van der Waals surface area contributed by atoms with Gasteiger partial charge in [-0.25, -0.2) is 18.7 Å². The summed E-state index contributed by atoms with van der Waals surface area (Å²) in [6.07, 6.45) is 3.22. The van der Waals surface area contributed by atoms with Crippen molar-refractivity contribution in [3.63, 3.8) is 0 Å². The van der Waals surface area contributed by atoms with E-state index in [1.165, 1.54) is 12.4 Å². The van der Waals surface area contributed by atoms with Crippen molar-refractivity contribution in [1.82, 2.24) is 9.97 Å². The van der Waals surface area contributed by atoms with E-state index in [0.717, 1.165) is 49.9 Å². The molecule has 182 valence electrons. The number of hydrogen-bond acceptors (Lipinski definition) is 4. The van der Waals surface area contributed by atoms with Crippen LogP contribution in [0.2, 0.25) is 0 Å². The van der Waals surface area contributed by atoms with Crippen molar-refractivity contribution in [1.29, 1.82) is 0 Å². The van der Waals surface area contributed by atoms with Crippen molar-refractivity contribution < 1.29 is 35.8 Å². The standard InChI is InChI=1S/C24H22F6N2O2/c1-2-3-4-5-6-15-13-31-22(32-14-15)24(29,30)34-18-11-19(25)21(20(26)12-18)16-7-9-17(10-8-16)33-23(27)28/h7-14,23H,2-6H2,1H3. The van der Waals surface area contributed by atoms with E-state index in [1.54, 1.807) is 0 Å². The Morgan fingerprint density at radius 1 is 0.882 bits per heavy atom. The number of aromatic nitrogens is 2. The van der Waals surface area contributed by atoms with E-state index in [9.17, 15) is 26.3 Å². The van der Waals surface area contributed by atoms with E-state index < -0.39 is 41.5 Å². The lowest BCUT2D eigenvalue weighted by molar-refractivity contribution is -0.192.